The number of carbonyl (C=O) groups is 1. The number of carbonyl (C=O) groups excluding carboxylic acids is 1. The third-order valence-electron chi connectivity index (χ3n) is 3.10. The van der Waals surface area contributed by atoms with Gasteiger partial charge in [0.1, 0.15) is 11.0 Å². The number of halogens is 2. The second-order valence-corrected chi connectivity index (χ2v) is 4.69. The van der Waals surface area contributed by atoms with Crippen LogP contribution in [0.1, 0.15) is 29.6 Å². The van der Waals surface area contributed by atoms with Gasteiger partial charge in [-0.3, -0.25) is 4.79 Å². The van der Waals surface area contributed by atoms with Crippen molar-refractivity contribution in [3.05, 3.63) is 28.8 Å². The molecule has 2 atom stereocenters. The van der Waals surface area contributed by atoms with E-state index in [0.29, 0.717) is 0 Å². The topological polar surface area (TPSA) is 51.2 Å². The monoisotopic (exact) mass is 272 g/mol. The largest absolute Gasteiger partial charge is 0.381 e. The molecule has 1 heterocycles. The summed E-state index contributed by atoms with van der Waals surface area (Å²) >= 11 is 5.77. The summed E-state index contributed by atoms with van der Waals surface area (Å²) in [6.45, 7) is 0. The fourth-order valence-corrected chi connectivity index (χ4v) is 2.32. The fourth-order valence-electron chi connectivity index (χ4n) is 2.13. The van der Waals surface area contributed by atoms with Crippen LogP contribution in [-0.4, -0.2) is 30.1 Å². The van der Waals surface area contributed by atoms with Gasteiger partial charge >= 0.3 is 0 Å². The van der Waals surface area contributed by atoms with E-state index in [1.807, 2.05) is 0 Å². The van der Waals surface area contributed by atoms with E-state index in [1.54, 1.807) is 7.11 Å². The van der Waals surface area contributed by atoms with Gasteiger partial charge in [-0.1, -0.05) is 11.6 Å². The van der Waals surface area contributed by atoms with Gasteiger partial charge in [0.05, 0.1) is 17.9 Å². The Balaban J connectivity index is 2.02. The van der Waals surface area contributed by atoms with Gasteiger partial charge < -0.3 is 10.1 Å². The Kier molecular flexibility index (Phi) is 4.14. The van der Waals surface area contributed by atoms with Crippen molar-refractivity contribution in [1.82, 2.24) is 10.3 Å². The Morgan fingerprint density at radius 2 is 2.39 bits per heavy atom. The van der Waals surface area contributed by atoms with Gasteiger partial charge in [0.2, 0.25) is 0 Å². The van der Waals surface area contributed by atoms with Crippen LogP contribution in [-0.2, 0) is 4.74 Å². The van der Waals surface area contributed by atoms with Gasteiger partial charge in [0, 0.05) is 13.2 Å². The summed E-state index contributed by atoms with van der Waals surface area (Å²) in [5.41, 5.74) is 0.0672. The second kappa shape index (κ2) is 5.63. The first-order valence-electron chi connectivity index (χ1n) is 5.75. The van der Waals surface area contributed by atoms with E-state index in [1.165, 1.54) is 0 Å². The maximum absolute atomic E-state index is 13.0. The molecule has 0 aromatic carbocycles. The Morgan fingerprint density at radius 1 is 1.61 bits per heavy atom. The maximum atomic E-state index is 13.0. The van der Waals surface area contributed by atoms with Crippen molar-refractivity contribution >= 4 is 17.5 Å². The molecule has 1 N–H and O–H groups in total. The molecule has 0 radical (unpaired) electrons. The molecule has 1 aliphatic rings. The van der Waals surface area contributed by atoms with Crippen molar-refractivity contribution in [2.24, 2.45) is 0 Å². The summed E-state index contributed by atoms with van der Waals surface area (Å²) in [6.07, 6.45) is 3.69. The number of ether oxygens (including phenoxy) is 1. The van der Waals surface area contributed by atoms with E-state index in [-0.39, 0.29) is 22.9 Å². The normalized spacial score (nSPS) is 23.1. The molecule has 1 fully saturated rings. The van der Waals surface area contributed by atoms with Gasteiger partial charge in [-0.2, -0.15) is 0 Å². The first-order valence-corrected chi connectivity index (χ1v) is 6.12. The predicted octanol–water partition coefficient (Wildman–Crippen LogP) is 2.17. The lowest BCUT2D eigenvalue weighted by Gasteiger charge is -2.13. The van der Waals surface area contributed by atoms with Crippen LogP contribution < -0.4 is 5.32 Å². The van der Waals surface area contributed by atoms with Crippen molar-refractivity contribution in [3.63, 3.8) is 0 Å². The van der Waals surface area contributed by atoms with Crippen LogP contribution in [0.15, 0.2) is 12.3 Å². The number of nitrogens with zero attached hydrogens (tertiary/aromatic N) is 1. The molecular weight excluding hydrogens is 259 g/mol. The summed E-state index contributed by atoms with van der Waals surface area (Å²) in [7, 11) is 1.65. The number of rotatable bonds is 3. The van der Waals surface area contributed by atoms with Crippen molar-refractivity contribution in [3.8, 4) is 0 Å². The minimum Gasteiger partial charge on any atom is -0.381 e. The molecule has 0 saturated heterocycles. The van der Waals surface area contributed by atoms with Crippen LogP contribution >= 0.6 is 11.6 Å². The molecule has 18 heavy (non-hydrogen) atoms. The summed E-state index contributed by atoms with van der Waals surface area (Å²) in [4.78, 5) is 15.5. The van der Waals surface area contributed by atoms with Crippen LogP contribution in [0.5, 0.6) is 0 Å². The third-order valence-corrected chi connectivity index (χ3v) is 3.40. The minimum atomic E-state index is -0.578. The standard InChI is InChI=1S/C12H14ClFN2O2/c1-18-9-3-2-8(5-9)16-12(17)10-4-7(14)6-15-11(10)13/h4,6,8-9H,2-3,5H2,1H3,(H,16,17). The van der Waals surface area contributed by atoms with Crippen molar-refractivity contribution in [2.75, 3.05) is 7.11 Å². The van der Waals surface area contributed by atoms with E-state index in [0.717, 1.165) is 31.5 Å². The lowest BCUT2D eigenvalue weighted by molar-refractivity contribution is 0.0914. The van der Waals surface area contributed by atoms with Crippen LogP contribution in [0.4, 0.5) is 4.39 Å². The predicted molar refractivity (Wildman–Crippen MR) is 65.1 cm³/mol. The number of hydrogen-bond acceptors (Lipinski definition) is 3. The lowest BCUT2D eigenvalue weighted by Crippen LogP contribution is -2.33. The number of pyridine rings is 1. The summed E-state index contributed by atoms with van der Waals surface area (Å²) in [6, 6.07) is 1.13. The number of hydrogen-bond donors (Lipinski definition) is 1. The zero-order valence-electron chi connectivity index (χ0n) is 9.95. The molecule has 1 aromatic rings. The average Bonchev–Trinajstić information content (AvgIpc) is 2.80. The first kappa shape index (κ1) is 13.2. The molecule has 0 spiro atoms. The van der Waals surface area contributed by atoms with Crippen LogP contribution in [0, 0.1) is 5.82 Å². The zero-order valence-corrected chi connectivity index (χ0v) is 10.7. The number of methoxy groups -OCH3 is 1. The van der Waals surface area contributed by atoms with E-state index < -0.39 is 11.7 Å². The zero-order chi connectivity index (χ0) is 13.1. The highest BCUT2D eigenvalue weighted by molar-refractivity contribution is 6.32. The van der Waals surface area contributed by atoms with Gasteiger partial charge in [-0.05, 0) is 25.3 Å². The highest BCUT2D eigenvalue weighted by Crippen LogP contribution is 2.22. The SMILES string of the molecule is COC1CCC(NC(=O)c2cc(F)cnc2Cl)C1. The highest BCUT2D eigenvalue weighted by Gasteiger charge is 2.26. The van der Waals surface area contributed by atoms with Crippen molar-refractivity contribution in [2.45, 2.75) is 31.4 Å². The number of amides is 1. The van der Waals surface area contributed by atoms with Gasteiger partial charge in [-0.25, -0.2) is 9.37 Å². The molecule has 1 aliphatic carbocycles. The molecule has 2 unspecified atom stereocenters. The quantitative estimate of drug-likeness (QED) is 0.858. The minimum absolute atomic E-state index is 0.00943. The molecule has 4 nitrogen and oxygen atoms in total. The highest BCUT2D eigenvalue weighted by atomic mass is 35.5. The second-order valence-electron chi connectivity index (χ2n) is 4.33. The van der Waals surface area contributed by atoms with Gasteiger partial charge in [0.25, 0.3) is 5.91 Å². The molecule has 98 valence electrons. The number of nitrogens with one attached hydrogen (secondary N) is 1. The third kappa shape index (κ3) is 2.97. The average molecular weight is 273 g/mol. The smallest absolute Gasteiger partial charge is 0.254 e. The van der Waals surface area contributed by atoms with E-state index in [2.05, 4.69) is 10.3 Å². The Morgan fingerprint density at radius 3 is 3.06 bits per heavy atom. The summed E-state index contributed by atoms with van der Waals surface area (Å²) in [5.74, 6) is -0.973. The molecule has 2 rings (SSSR count). The Hall–Kier alpha value is -1.20. The molecule has 1 aromatic heterocycles. The first-order chi connectivity index (χ1) is 8.60. The Labute approximate surface area is 109 Å². The lowest BCUT2D eigenvalue weighted by atomic mass is 10.2. The van der Waals surface area contributed by atoms with Crippen molar-refractivity contribution < 1.29 is 13.9 Å². The fraction of sp³-hybridized carbons (Fsp3) is 0.500. The van der Waals surface area contributed by atoms with E-state index in [4.69, 9.17) is 16.3 Å². The molecule has 1 amide bonds. The Bertz CT molecular complexity index is 456. The van der Waals surface area contributed by atoms with Gasteiger partial charge in [0.15, 0.2) is 0 Å². The molecule has 6 heteroatoms. The van der Waals surface area contributed by atoms with Gasteiger partial charge in [-0.15, -0.1) is 0 Å². The molecular formula is C12H14ClFN2O2. The summed E-state index contributed by atoms with van der Waals surface area (Å²) in [5, 5.41) is 2.83. The summed E-state index contributed by atoms with van der Waals surface area (Å²) < 4.78 is 18.2. The van der Waals surface area contributed by atoms with Crippen LogP contribution in [0.3, 0.4) is 0 Å². The maximum Gasteiger partial charge on any atom is 0.254 e. The number of aromatic nitrogens is 1. The van der Waals surface area contributed by atoms with Crippen LogP contribution in [0.25, 0.3) is 0 Å². The molecule has 1 saturated carbocycles. The molecule has 0 bridgehead atoms. The van der Waals surface area contributed by atoms with E-state index >= 15 is 0 Å². The van der Waals surface area contributed by atoms with Crippen LogP contribution in [0.2, 0.25) is 5.15 Å². The molecule has 0 aliphatic heterocycles. The van der Waals surface area contributed by atoms with Crippen molar-refractivity contribution in [1.29, 1.82) is 0 Å². The van der Waals surface area contributed by atoms with E-state index in [9.17, 15) is 9.18 Å².